The Bertz CT molecular complexity index is 778. The Morgan fingerprint density at radius 3 is 2.50 bits per heavy atom. The number of aryl methyl sites for hydroxylation is 1. The Morgan fingerprint density at radius 2 is 1.81 bits per heavy atom. The predicted octanol–water partition coefficient (Wildman–Crippen LogP) is 2.38. The van der Waals surface area contributed by atoms with Crippen LogP contribution >= 0.6 is 0 Å². The van der Waals surface area contributed by atoms with Crippen molar-refractivity contribution in [1.29, 1.82) is 0 Å². The monoisotopic (exact) mass is 354 g/mol. The zero-order valence-corrected chi connectivity index (χ0v) is 14.8. The number of benzene rings is 1. The number of nitrogens with zero attached hydrogens (tertiary/aromatic N) is 3. The molecule has 1 N–H and O–H groups in total. The van der Waals surface area contributed by atoms with Crippen LogP contribution in [0.25, 0.3) is 0 Å². The molecule has 1 amide bonds. The number of hydrogen-bond acceptors (Lipinski definition) is 6. The van der Waals surface area contributed by atoms with Crippen molar-refractivity contribution in [3.63, 3.8) is 0 Å². The van der Waals surface area contributed by atoms with Crippen molar-refractivity contribution in [2.24, 2.45) is 0 Å². The molecular formula is C19H22N4O3. The molecule has 0 unspecified atom stereocenters. The molecule has 3 heterocycles. The van der Waals surface area contributed by atoms with Gasteiger partial charge in [0, 0.05) is 37.7 Å². The highest BCUT2D eigenvalue weighted by Gasteiger charge is 2.40. The first kappa shape index (κ1) is 16.9. The Morgan fingerprint density at radius 1 is 1.12 bits per heavy atom. The van der Waals surface area contributed by atoms with Crippen LogP contribution in [0.1, 0.15) is 28.9 Å². The summed E-state index contributed by atoms with van der Waals surface area (Å²) in [5.41, 5.74) is 2.24. The van der Waals surface area contributed by atoms with Crippen molar-refractivity contribution in [2.45, 2.75) is 25.6 Å². The Kier molecular flexibility index (Phi) is 4.57. The lowest BCUT2D eigenvalue weighted by molar-refractivity contribution is -0.169. The third-order valence-electron chi connectivity index (χ3n) is 4.86. The van der Waals surface area contributed by atoms with Gasteiger partial charge in [-0.25, -0.2) is 9.97 Å². The maximum atomic E-state index is 12.5. The number of carbonyl (C=O) groups excluding carboxylic acids is 1. The van der Waals surface area contributed by atoms with Gasteiger partial charge in [-0.05, 0) is 19.1 Å². The molecule has 0 aliphatic carbocycles. The second-order valence-electron chi connectivity index (χ2n) is 6.68. The van der Waals surface area contributed by atoms with Crippen LogP contribution in [0, 0.1) is 6.92 Å². The van der Waals surface area contributed by atoms with Gasteiger partial charge < -0.3 is 19.7 Å². The first-order valence-electron chi connectivity index (χ1n) is 8.87. The molecule has 2 aliphatic heterocycles. The fourth-order valence-electron chi connectivity index (χ4n) is 3.34. The van der Waals surface area contributed by atoms with Crippen molar-refractivity contribution >= 4 is 17.4 Å². The van der Waals surface area contributed by atoms with Gasteiger partial charge in [0.05, 0.1) is 13.2 Å². The molecule has 26 heavy (non-hydrogen) atoms. The van der Waals surface area contributed by atoms with E-state index in [2.05, 4.69) is 20.2 Å². The van der Waals surface area contributed by atoms with E-state index in [1.807, 2.05) is 31.2 Å². The summed E-state index contributed by atoms with van der Waals surface area (Å²) >= 11 is 0. The minimum atomic E-state index is -0.421. The van der Waals surface area contributed by atoms with Gasteiger partial charge in [-0.2, -0.15) is 0 Å². The van der Waals surface area contributed by atoms with E-state index in [9.17, 15) is 4.79 Å². The van der Waals surface area contributed by atoms with Crippen molar-refractivity contribution in [2.75, 3.05) is 36.5 Å². The topological polar surface area (TPSA) is 76.6 Å². The molecule has 1 aromatic carbocycles. The van der Waals surface area contributed by atoms with Crippen LogP contribution < -0.4 is 10.2 Å². The van der Waals surface area contributed by atoms with Gasteiger partial charge in [0.25, 0.3) is 5.91 Å². The molecule has 2 aliphatic rings. The number of aromatic nitrogens is 2. The van der Waals surface area contributed by atoms with E-state index in [1.54, 1.807) is 6.07 Å². The van der Waals surface area contributed by atoms with Crippen molar-refractivity contribution in [1.82, 2.24) is 9.97 Å². The quantitative estimate of drug-likeness (QED) is 0.912. The Balaban J connectivity index is 1.43. The summed E-state index contributed by atoms with van der Waals surface area (Å²) in [5, 5.41) is 2.87. The molecule has 136 valence electrons. The van der Waals surface area contributed by atoms with Crippen LogP contribution in [0.2, 0.25) is 0 Å². The van der Waals surface area contributed by atoms with Gasteiger partial charge in [-0.3, -0.25) is 4.79 Å². The van der Waals surface area contributed by atoms with Gasteiger partial charge in [-0.15, -0.1) is 0 Å². The van der Waals surface area contributed by atoms with Crippen molar-refractivity contribution in [3.8, 4) is 0 Å². The molecule has 2 saturated heterocycles. The number of amides is 1. The van der Waals surface area contributed by atoms with E-state index >= 15 is 0 Å². The molecule has 0 bridgehead atoms. The van der Waals surface area contributed by atoms with E-state index in [1.165, 1.54) is 6.33 Å². The molecule has 7 nitrogen and oxygen atoms in total. The second-order valence-corrected chi connectivity index (χ2v) is 6.68. The summed E-state index contributed by atoms with van der Waals surface area (Å²) in [7, 11) is 0. The number of carbonyl (C=O) groups is 1. The third kappa shape index (κ3) is 3.54. The number of rotatable bonds is 3. The molecule has 2 fully saturated rings. The molecule has 0 atom stereocenters. The highest BCUT2D eigenvalue weighted by molar-refractivity contribution is 6.03. The van der Waals surface area contributed by atoms with E-state index in [-0.39, 0.29) is 5.91 Å². The smallest absolute Gasteiger partial charge is 0.274 e. The van der Waals surface area contributed by atoms with Gasteiger partial charge in [0.15, 0.2) is 5.79 Å². The minimum Gasteiger partial charge on any atom is -0.356 e. The number of hydrogen-bond donors (Lipinski definition) is 1. The highest BCUT2D eigenvalue weighted by Crippen LogP contribution is 2.32. The first-order chi connectivity index (χ1) is 12.6. The number of anilines is 2. The minimum absolute atomic E-state index is 0.242. The number of nitrogens with one attached hydrogen (secondary N) is 1. The molecular weight excluding hydrogens is 332 g/mol. The molecule has 4 rings (SSSR count). The predicted molar refractivity (Wildman–Crippen MR) is 97.2 cm³/mol. The van der Waals surface area contributed by atoms with E-state index in [4.69, 9.17) is 9.47 Å². The van der Waals surface area contributed by atoms with Gasteiger partial charge in [0.2, 0.25) is 0 Å². The normalized spacial score (nSPS) is 18.9. The maximum Gasteiger partial charge on any atom is 0.274 e. The third-order valence-corrected chi connectivity index (χ3v) is 4.86. The van der Waals surface area contributed by atoms with Crippen LogP contribution in [0.15, 0.2) is 36.7 Å². The molecule has 0 radical (unpaired) electrons. The van der Waals surface area contributed by atoms with Crippen molar-refractivity contribution < 1.29 is 14.3 Å². The van der Waals surface area contributed by atoms with E-state index < -0.39 is 5.79 Å². The summed E-state index contributed by atoms with van der Waals surface area (Å²) in [6.07, 6.45) is 3.02. The lowest BCUT2D eigenvalue weighted by Gasteiger charge is -2.38. The van der Waals surface area contributed by atoms with Crippen LogP contribution in [-0.2, 0) is 9.47 Å². The molecule has 7 heteroatoms. The average Bonchev–Trinajstić information content (AvgIpc) is 3.12. The van der Waals surface area contributed by atoms with Crippen LogP contribution in [-0.4, -0.2) is 48.0 Å². The van der Waals surface area contributed by atoms with Crippen LogP contribution in [0.5, 0.6) is 0 Å². The Hall–Kier alpha value is -2.51. The molecule has 1 aromatic heterocycles. The van der Waals surface area contributed by atoms with Crippen molar-refractivity contribution in [3.05, 3.63) is 47.9 Å². The van der Waals surface area contributed by atoms with Gasteiger partial charge in [-0.1, -0.05) is 17.7 Å². The second kappa shape index (κ2) is 7.01. The fraction of sp³-hybridized carbons (Fsp3) is 0.421. The van der Waals surface area contributed by atoms with Gasteiger partial charge >= 0.3 is 0 Å². The summed E-state index contributed by atoms with van der Waals surface area (Å²) in [6, 6.07) is 9.40. The van der Waals surface area contributed by atoms with Crippen LogP contribution in [0.4, 0.5) is 11.5 Å². The SMILES string of the molecule is Cc1ccc(NC(=O)c2cc(N3CCC4(CC3)OCCO4)ncn2)cc1. The molecule has 0 saturated carbocycles. The average molecular weight is 354 g/mol. The Labute approximate surface area is 152 Å². The largest absolute Gasteiger partial charge is 0.356 e. The molecule has 2 aromatic rings. The van der Waals surface area contributed by atoms with Gasteiger partial charge in [0.1, 0.15) is 17.8 Å². The molecule has 1 spiro atoms. The summed E-state index contributed by atoms with van der Waals surface area (Å²) in [4.78, 5) is 23.1. The number of ether oxygens (including phenoxy) is 2. The lowest BCUT2D eigenvalue weighted by Crippen LogP contribution is -2.45. The standard InChI is InChI=1S/C19H22N4O3/c1-14-2-4-15(5-3-14)22-18(24)16-12-17(21-13-20-16)23-8-6-19(7-9-23)25-10-11-26-19/h2-5,12-13H,6-11H2,1H3,(H,22,24). The number of piperidine rings is 1. The zero-order valence-electron chi connectivity index (χ0n) is 14.8. The van der Waals surface area contributed by atoms with Crippen LogP contribution in [0.3, 0.4) is 0 Å². The summed E-state index contributed by atoms with van der Waals surface area (Å²) in [6.45, 7) is 4.88. The van der Waals surface area contributed by atoms with E-state index in [0.29, 0.717) is 18.9 Å². The summed E-state index contributed by atoms with van der Waals surface area (Å²) in [5.74, 6) is 0.0881. The lowest BCUT2D eigenvalue weighted by atomic mass is 10.0. The fourth-order valence-corrected chi connectivity index (χ4v) is 3.34. The summed E-state index contributed by atoms with van der Waals surface area (Å²) < 4.78 is 11.5. The maximum absolute atomic E-state index is 12.5. The zero-order chi connectivity index (χ0) is 18.0. The first-order valence-corrected chi connectivity index (χ1v) is 8.87. The van der Waals surface area contributed by atoms with E-state index in [0.717, 1.165) is 43.0 Å². The highest BCUT2D eigenvalue weighted by atomic mass is 16.7.